The Hall–Kier alpha value is -3.10. The average Bonchev–Trinajstić information content (AvgIpc) is 2.81. The Morgan fingerprint density at radius 3 is 2.29 bits per heavy atom. The fourth-order valence-corrected chi connectivity index (χ4v) is 3.88. The van der Waals surface area contributed by atoms with Crippen LogP contribution >= 0.6 is 11.6 Å². The SMILES string of the molecule is Cn1c(CNC(=O)Nc2ccc(C(=O)O)cc2)c(-c2ccccc2)c2cc(Cl)ccc2c1=O.[Na]. The van der Waals surface area contributed by atoms with E-state index in [1.807, 2.05) is 30.3 Å². The number of halogens is 1. The van der Waals surface area contributed by atoms with Crippen LogP contribution in [-0.2, 0) is 13.6 Å². The number of amides is 2. The number of hydrogen-bond acceptors (Lipinski definition) is 3. The molecule has 3 aromatic carbocycles. The van der Waals surface area contributed by atoms with E-state index in [0.29, 0.717) is 27.2 Å². The van der Waals surface area contributed by atoms with Gasteiger partial charge in [-0.05, 0) is 53.4 Å². The minimum absolute atomic E-state index is 0. The van der Waals surface area contributed by atoms with Crippen molar-refractivity contribution < 1.29 is 14.7 Å². The van der Waals surface area contributed by atoms with E-state index in [0.717, 1.165) is 11.1 Å². The minimum Gasteiger partial charge on any atom is -0.478 e. The van der Waals surface area contributed by atoms with Gasteiger partial charge in [0.15, 0.2) is 0 Å². The van der Waals surface area contributed by atoms with Crippen LogP contribution in [0.1, 0.15) is 16.1 Å². The van der Waals surface area contributed by atoms with E-state index in [4.69, 9.17) is 16.7 Å². The van der Waals surface area contributed by atoms with Crippen molar-refractivity contribution in [2.45, 2.75) is 6.54 Å². The Labute approximate surface area is 222 Å². The first-order chi connectivity index (χ1) is 15.8. The Morgan fingerprint density at radius 2 is 1.65 bits per heavy atom. The second-order valence-electron chi connectivity index (χ2n) is 7.43. The molecule has 0 unspecified atom stereocenters. The van der Waals surface area contributed by atoms with Crippen LogP contribution < -0.4 is 16.2 Å². The number of carbonyl (C=O) groups excluding carboxylic acids is 1. The van der Waals surface area contributed by atoms with Crippen molar-refractivity contribution >= 4 is 69.6 Å². The monoisotopic (exact) mass is 484 g/mol. The number of carboxylic acids is 1. The van der Waals surface area contributed by atoms with Gasteiger partial charge >= 0.3 is 12.0 Å². The predicted molar refractivity (Wildman–Crippen MR) is 135 cm³/mol. The molecular formula is C25H20ClN3NaO4. The fourth-order valence-electron chi connectivity index (χ4n) is 3.71. The first kappa shape index (κ1) is 25.5. The molecule has 2 amide bonds. The van der Waals surface area contributed by atoms with Crippen LogP contribution in [0.2, 0.25) is 5.02 Å². The normalized spacial score (nSPS) is 10.4. The van der Waals surface area contributed by atoms with Crippen LogP contribution in [0.3, 0.4) is 0 Å². The van der Waals surface area contributed by atoms with Crippen molar-refractivity contribution in [2.24, 2.45) is 7.05 Å². The molecule has 0 aliphatic rings. The Bertz CT molecular complexity index is 1420. The summed E-state index contributed by atoms with van der Waals surface area (Å²) >= 11 is 6.25. The van der Waals surface area contributed by atoms with Gasteiger partial charge in [-0.25, -0.2) is 9.59 Å². The van der Waals surface area contributed by atoms with Gasteiger partial charge in [0.2, 0.25) is 0 Å². The van der Waals surface area contributed by atoms with Crippen molar-refractivity contribution in [3.05, 3.63) is 99.4 Å². The summed E-state index contributed by atoms with van der Waals surface area (Å²) in [7, 11) is 1.67. The first-order valence-electron chi connectivity index (χ1n) is 10.1. The molecule has 4 aromatic rings. The number of aromatic nitrogens is 1. The number of nitrogens with zero attached hydrogens (tertiary/aromatic N) is 1. The Kier molecular flexibility index (Phi) is 8.17. The number of rotatable bonds is 5. The van der Waals surface area contributed by atoms with Crippen LogP contribution in [0.25, 0.3) is 21.9 Å². The first-order valence-corrected chi connectivity index (χ1v) is 10.5. The number of benzene rings is 3. The quantitative estimate of drug-likeness (QED) is 0.363. The molecule has 34 heavy (non-hydrogen) atoms. The van der Waals surface area contributed by atoms with Gasteiger partial charge in [0.25, 0.3) is 5.56 Å². The van der Waals surface area contributed by atoms with Crippen LogP contribution in [0.4, 0.5) is 10.5 Å². The molecule has 7 nitrogen and oxygen atoms in total. The second kappa shape index (κ2) is 10.9. The molecule has 9 heteroatoms. The summed E-state index contributed by atoms with van der Waals surface area (Å²) in [6.07, 6.45) is 0. The van der Waals surface area contributed by atoms with Gasteiger partial charge in [-0.2, -0.15) is 0 Å². The van der Waals surface area contributed by atoms with E-state index < -0.39 is 12.0 Å². The molecule has 1 aromatic heterocycles. The van der Waals surface area contributed by atoms with Gasteiger partial charge in [0.1, 0.15) is 0 Å². The average molecular weight is 485 g/mol. The van der Waals surface area contributed by atoms with Crippen LogP contribution in [0, 0.1) is 0 Å². The molecule has 0 bridgehead atoms. The third-order valence-corrected chi connectivity index (χ3v) is 5.58. The summed E-state index contributed by atoms with van der Waals surface area (Å²) < 4.78 is 1.53. The van der Waals surface area contributed by atoms with Crippen molar-refractivity contribution in [3.63, 3.8) is 0 Å². The third kappa shape index (κ3) is 5.34. The van der Waals surface area contributed by atoms with Gasteiger partial charge in [-0.3, -0.25) is 4.79 Å². The molecule has 1 heterocycles. The maximum Gasteiger partial charge on any atom is 0.335 e. The zero-order valence-electron chi connectivity index (χ0n) is 18.6. The maximum atomic E-state index is 13.0. The molecule has 1 radical (unpaired) electrons. The molecule has 167 valence electrons. The molecule has 0 fully saturated rings. The van der Waals surface area contributed by atoms with Crippen molar-refractivity contribution in [2.75, 3.05) is 5.32 Å². The maximum absolute atomic E-state index is 13.0. The minimum atomic E-state index is -1.04. The number of nitrogens with one attached hydrogen (secondary N) is 2. The van der Waals surface area contributed by atoms with Gasteiger partial charge in [0, 0.05) is 64.0 Å². The number of fused-ring (bicyclic) bond motifs is 1. The second-order valence-corrected chi connectivity index (χ2v) is 7.87. The van der Waals surface area contributed by atoms with Gasteiger partial charge in [0.05, 0.1) is 12.1 Å². The fraction of sp³-hybridized carbons (Fsp3) is 0.0800. The molecule has 0 saturated heterocycles. The summed E-state index contributed by atoms with van der Waals surface area (Å²) in [5, 5.41) is 16.2. The van der Waals surface area contributed by atoms with Gasteiger partial charge in [-0.15, -0.1) is 0 Å². The zero-order valence-corrected chi connectivity index (χ0v) is 21.4. The van der Waals surface area contributed by atoms with Crippen molar-refractivity contribution in [1.29, 1.82) is 0 Å². The van der Waals surface area contributed by atoms with Crippen LogP contribution in [-0.4, -0.2) is 51.2 Å². The molecule has 4 rings (SSSR count). The van der Waals surface area contributed by atoms with E-state index in [2.05, 4.69) is 10.6 Å². The van der Waals surface area contributed by atoms with E-state index in [-0.39, 0.29) is 47.2 Å². The largest absolute Gasteiger partial charge is 0.478 e. The number of hydrogen-bond donors (Lipinski definition) is 3. The summed E-state index contributed by atoms with van der Waals surface area (Å²) in [6, 6.07) is 20.1. The number of carboxylic acid groups (broad SMARTS) is 1. The number of urea groups is 1. The number of anilines is 1. The topological polar surface area (TPSA) is 100 Å². The molecule has 3 N–H and O–H groups in total. The third-order valence-electron chi connectivity index (χ3n) is 5.35. The Morgan fingerprint density at radius 1 is 0.971 bits per heavy atom. The summed E-state index contributed by atoms with van der Waals surface area (Å²) in [5.74, 6) is -1.04. The molecule has 0 spiro atoms. The van der Waals surface area contributed by atoms with E-state index in [9.17, 15) is 14.4 Å². The van der Waals surface area contributed by atoms with E-state index in [1.165, 1.54) is 28.8 Å². The summed E-state index contributed by atoms with van der Waals surface area (Å²) in [4.78, 5) is 36.5. The molecule has 0 aliphatic carbocycles. The number of pyridine rings is 1. The van der Waals surface area contributed by atoms with Crippen LogP contribution in [0.15, 0.2) is 77.6 Å². The summed E-state index contributed by atoms with van der Waals surface area (Å²) in [6.45, 7) is 0.0808. The predicted octanol–water partition coefficient (Wildman–Crippen LogP) is 4.50. The van der Waals surface area contributed by atoms with Gasteiger partial charge < -0.3 is 20.3 Å². The standard InChI is InChI=1S/C25H20ClN3O4.Na/c1-29-21(14-27-25(33)28-18-10-7-16(8-11-18)24(31)32)22(15-5-3-2-4-6-15)20-13-17(26)9-12-19(20)23(29)30;/h2-13H,14H2,1H3,(H,31,32)(H2,27,28,33);. The molecule has 0 atom stereocenters. The van der Waals surface area contributed by atoms with E-state index >= 15 is 0 Å². The number of aromatic carboxylic acids is 1. The summed E-state index contributed by atoms with van der Waals surface area (Å²) in [5.41, 5.74) is 2.70. The van der Waals surface area contributed by atoms with Crippen molar-refractivity contribution in [3.8, 4) is 11.1 Å². The molecule has 0 saturated carbocycles. The van der Waals surface area contributed by atoms with Crippen LogP contribution in [0.5, 0.6) is 0 Å². The van der Waals surface area contributed by atoms with Crippen molar-refractivity contribution in [1.82, 2.24) is 9.88 Å². The molecular weight excluding hydrogens is 465 g/mol. The smallest absolute Gasteiger partial charge is 0.335 e. The Balaban J connectivity index is 0.00000324. The number of carbonyl (C=O) groups is 2. The molecule has 0 aliphatic heterocycles. The van der Waals surface area contributed by atoms with E-state index in [1.54, 1.807) is 25.2 Å². The zero-order chi connectivity index (χ0) is 23.5. The van der Waals surface area contributed by atoms with Gasteiger partial charge in [-0.1, -0.05) is 41.9 Å².